The topological polar surface area (TPSA) is 97.1 Å². The Hall–Kier alpha value is -2.93. The van der Waals surface area contributed by atoms with E-state index < -0.39 is 5.60 Å². The van der Waals surface area contributed by atoms with Crippen molar-refractivity contribution < 1.29 is 9.53 Å². The minimum absolute atomic E-state index is 0.163. The van der Waals surface area contributed by atoms with Crippen LogP contribution in [0.2, 0.25) is 0 Å². The van der Waals surface area contributed by atoms with Gasteiger partial charge in [-0.25, -0.2) is 9.97 Å². The Kier molecular flexibility index (Phi) is 4.73. The number of nitrogens with zero attached hydrogens (tertiary/aromatic N) is 3. The summed E-state index contributed by atoms with van der Waals surface area (Å²) in [6.45, 7) is 8.23. The quantitative estimate of drug-likeness (QED) is 0.665. The number of hydrogen-bond acceptors (Lipinski definition) is 5. The number of likely N-dealkylation sites (tertiary alicyclic amines) is 1. The van der Waals surface area contributed by atoms with E-state index >= 15 is 0 Å². The van der Waals surface area contributed by atoms with E-state index in [9.17, 15) is 4.79 Å². The maximum absolute atomic E-state index is 13.2. The van der Waals surface area contributed by atoms with Crippen molar-refractivity contribution >= 4 is 22.8 Å². The molecule has 31 heavy (non-hydrogen) atoms. The number of benzene rings is 1. The summed E-state index contributed by atoms with van der Waals surface area (Å²) in [6, 6.07) is 4.35. The monoisotopic (exact) mass is 419 g/mol. The Morgan fingerprint density at radius 3 is 2.81 bits per heavy atom. The summed E-state index contributed by atoms with van der Waals surface area (Å²) < 4.78 is 6.24. The molecule has 0 atom stereocenters. The summed E-state index contributed by atoms with van der Waals surface area (Å²) in [6.07, 6.45) is 4.50. The van der Waals surface area contributed by atoms with Gasteiger partial charge in [0.2, 0.25) is 11.9 Å². The number of nitrogens with one attached hydrogen (secondary N) is 1. The van der Waals surface area contributed by atoms with Crippen molar-refractivity contribution in [1.82, 2.24) is 19.9 Å². The first-order chi connectivity index (χ1) is 14.9. The van der Waals surface area contributed by atoms with Crippen molar-refractivity contribution in [1.29, 1.82) is 0 Å². The highest BCUT2D eigenvalue weighted by molar-refractivity contribution is 5.92. The predicted molar refractivity (Wildman–Crippen MR) is 120 cm³/mol. The number of rotatable bonds is 2. The number of nitrogen functional groups attached to an aromatic ring is 1. The number of aryl methyl sites for hydroxylation is 3. The third-order valence-electron chi connectivity index (χ3n) is 6.89. The van der Waals surface area contributed by atoms with Crippen molar-refractivity contribution in [3.05, 3.63) is 52.0 Å². The summed E-state index contributed by atoms with van der Waals surface area (Å²) in [5.41, 5.74) is 13.2. The Morgan fingerprint density at radius 2 is 2.03 bits per heavy atom. The number of fused-ring (bicyclic) bond motifs is 3. The molecule has 5 rings (SSSR count). The van der Waals surface area contributed by atoms with Gasteiger partial charge in [-0.2, -0.15) is 0 Å². The molecule has 0 aliphatic carbocycles. The zero-order valence-corrected chi connectivity index (χ0v) is 18.4. The van der Waals surface area contributed by atoms with Crippen molar-refractivity contribution in [3.8, 4) is 0 Å². The molecule has 1 fully saturated rings. The standard InChI is InChI=1S/C24H29N5O2/c1-14-10-15(2)21-19(11-14)18(16(3)27-21)12-20(30)29-7-5-24(6-8-29)22-17(4-9-31-24)13-26-23(25)28-22/h10-11,13,27H,4-9,12H2,1-3H3,(H2,25,26,28). The summed E-state index contributed by atoms with van der Waals surface area (Å²) in [5, 5.41) is 1.16. The first-order valence-electron chi connectivity index (χ1n) is 11.0. The highest BCUT2D eigenvalue weighted by Gasteiger charge is 2.43. The van der Waals surface area contributed by atoms with Gasteiger partial charge in [-0.3, -0.25) is 4.79 Å². The maximum Gasteiger partial charge on any atom is 0.227 e. The van der Waals surface area contributed by atoms with Gasteiger partial charge in [-0.15, -0.1) is 0 Å². The first-order valence-corrected chi connectivity index (χ1v) is 11.0. The second kappa shape index (κ2) is 7.34. The largest absolute Gasteiger partial charge is 0.368 e. The SMILES string of the molecule is Cc1cc(C)c2[nH]c(C)c(CC(=O)N3CCC4(CC3)OCCc3cnc(N)nc34)c2c1. The number of carbonyl (C=O) groups is 1. The number of carbonyl (C=O) groups excluding carboxylic acids is 1. The lowest BCUT2D eigenvalue weighted by atomic mass is 9.83. The average Bonchev–Trinajstić information content (AvgIpc) is 3.05. The lowest BCUT2D eigenvalue weighted by molar-refractivity contribution is -0.140. The molecule has 2 aliphatic rings. The molecule has 3 aromatic rings. The van der Waals surface area contributed by atoms with Gasteiger partial charge in [-0.05, 0) is 62.8 Å². The van der Waals surface area contributed by atoms with Crippen LogP contribution >= 0.6 is 0 Å². The molecule has 1 amide bonds. The summed E-state index contributed by atoms with van der Waals surface area (Å²) in [4.78, 5) is 27.3. The Balaban J connectivity index is 1.35. The summed E-state index contributed by atoms with van der Waals surface area (Å²) >= 11 is 0. The lowest BCUT2D eigenvalue weighted by Gasteiger charge is -2.44. The number of aromatic amines is 1. The van der Waals surface area contributed by atoms with Gasteiger partial charge >= 0.3 is 0 Å². The highest BCUT2D eigenvalue weighted by atomic mass is 16.5. The zero-order chi connectivity index (χ0) is 21.8. The van der Waals surface area contributed by atoms with Gasteiger partial charge in [0.05, 0.1) is 18.7 Å². The number of amides is 1. The third-order valence-corrected chi connectivity index (χ3v) is 6.89. The van der Waals surface area contributed by atoms with Crippen molar-refractivity contribution in [2.24, 2.45) is 0 Å². The van der Waals surface area contributed by atoms with E-state index in [2.05, 4.69) is 47.9 Å². The van der Waals surface area contributed by atoms with Gasteiger partial charge in [0.25, 0.3) is 0 Å². The van der Waals surface area contributed by atoms with Crippen LogP contribution in [-0.4, -0.2) is 45.5 Å². The number of aromatic nitrogens is 3. The number of anilines is 1. The Morgan fingerprint density at radius 1 is 1.26 bits per heavy atom. The molecule has 4 heterocycles. The molecular formula is C24H29N5O2. The van der Waals surface area contributed by atoms with Crippen molar-refractivity contribution in [2.45, 2.75) is 52.1 Å². The van der Waals surface area contributed by atoms with Crippen molar-refractivity contribution in [3.63, 3.8) is 0 Å². The summed E-state index contributed by atoms with van der Waals surface area (Å²) in [7, 11) is 0. The van der Waals surface area contributed by atoms with E-state index in [1.807, 2.05) is 11.1 Å². The first kappa shape index (κ1) is 20.0. The molecule has 3 N–H and O–H groups in total. The molecule has 1 aromatic carbocycles. The molecule has 0 saturated carbocycles. The van der Waals surface area contributed by atoms with Crippen LogP contribution in [0.1, 0.15) is 46.5 Å². The maximum atomic E-state index is 13.2. The third kappa shape index (κ3) is 3.37. The Bertz CT molecular complexity index is 1170. The number of piperidine rings is 1. The molecule has 0 unspecified atom stereocenters. The molecule has 7 nitrogen and oxygen atoms in total. The Labute approximate surface area is 182 Å². The molecule has 7 heteroatoms. The van der Waals surface area contributed by atoms with E-state index in [1.165, 1.54) is 11.1 Å². The van der Waals surface area contributed by atoms with E-state index in [4.69, 9.17) is 10.5 Å². The van der Waals surface area contributed by atoms with Gasteiger partial charge in [0.15, 0.2) is 0 Å². The fraction of sp³-hybridized carbons (Fsp3) is 0.458. The van der Waals surface area contributed by atoms with Gasteiger partial charge in [0.1, 0.15) is 5.60 Å². The minimum atomic E-state index is -0.452. The smallest absolute Gasteiger partial charge is 0.227 e. The number of hydrogen-bond donors (Lipinski definition) is 2. The van der Waals surface area contributed by atoms with Crippen LogP contribution in [0.15, 0.2) is 18.3 Å². The number of H-pyrrole nitrogens is 1. The van der Waals surface area contributed by atoms with Crippen LogP contribution in [0.4, 0.5) is 5.95 Å². The molecular weight excluding hydrogens is 390 g/mol. The summed E-state index contributed by atoms with van der Waals surface area (Å²) in [5.74, 6) is 0.443. The molecule has 0 radical (unpaired) electrons. The predicted octanol–water partition coefficient (Wildman–Crippen LogP) is 3.10. The van der Waals surface area contributed by atoms with Crippen LogP contribution < -0.4 is 5.73 Å². The van der Waals surface area contributed by atoms with Crippen LogP contribution in [0.25, 0.3) is 10.9 Å². The highest BCUT2D eigenvalue weighted by Crippen LogP contribution is 2.40. The molecule has 2 aromatic heterocycles. The van der Waals surface area contributed by atoms with Gasteiger partial charge in [-0.1, -0.05) is 11.6 Å². The fourth-order valence-corrected chi connectivity index (χ4v) is 5.25. The van der Waals surface area contributed by atoms with Crippen molar-refractivity contribution in [2.75, 3.05) is 25.4 Å². The minimum Gasteiger partial charge on any atom is -0.368 e. The molecule has 2 aliphatic heterocycles. The second-order valence-corrected chi connectivity index (χ2v) is 8.99. The van der Waals surface area contributed by atoms with Crippen LogP contribution in [0.3, 0.4) is 0 Å². The fourth-order valence-electron chi connectivity index (χ4n) is 5.25. The lowest BCUT2D eigenvalue weighted by Crippen LogP contribution is -2.49. The van der Waals surface area contributed by atoms with Crippen LogP contribution in [0.5, 0.6) is 0 Å². The van der Waals surface area contributed by atoms with Gasteiger partial charge in [0, 0.05) is 35.9 Å². The molecule has 1 saturated heterocycles. The second-order valence-electron chi connectivity index (χ2n) is 8.99. The molecule has 1 spiro atoms. The van der Waals surface area contributed by atoms with Gasteiger partial charge < -0.3 is 20.4 Å². The van der Waals surface area contributed by atoms with E-state index in [0.29, 0.717) is 26.1 Å². The average molecular weight is 420 g/mol. The van der Waals surface area contributed by atoms with E-state index in [0.717, 1.165) is 52.7 Å². The zero-order valence-electron chi connectivity index (χ0n) is 18.4. The van der Waals surface area contributed by atoms with E-state index in [1.54, 1.807) is 0 Å². The number of nitrogens with two attached hydrogens (primary N) is 1. The molecule has 162 valence electrons. The normalized spacial score (nSPS) is 17.8. The number of ether oxygens (including phenoxy) is 1. The van der Waals surface area contributed by atoms with E-state index in [-0.39, 0.29) is 11.9 Å². The molecule has 0 bridgehead atoms. The van der Waals surface area contributed by atoms with Crippen LogP contribution in [0, 0.1) is 20.8 Å². The van der Waals surface area contributed by atoms with Crippen LogP contribution in [-0.2, 0) is 28.0 Å².